The fourth-order valence-corrected chi connectivity index (χ4v) is 3.30. The van der Waals surface area contributed by atoms with Crippen LogP contribution >= 0.6 is 11.6 Å². The zero-order chi connectivity index (χ0) is 14.5. The summed E-state index contributed by atoms with van der Waals surface area (Å²) in [4.78, 5) is 4.75. The molecule has 0 aromatic carbocycles. The van der Waals surface area contributed by atoms with Crippen LogP contribution in [0.15, 0.2) is 0 Å². The van der Waals surface area contributed by atoms with Gasteiger partial charge in [0.15, 0.2) is 5.65 Å². The smallest absolute Gasteiger partial charge is 0.158 e. The van der Waals surface area contributed by atoms with Gasteiger partial charge in [0, 0.05) is 13.6 Å². The van der Waals surface area contributed by atoms with Crippen molar-refractivity contribution in [2.24, 2.45) is 18.4 Å². The van der Waals surface area contributed by atoms with Crippen LogP contribution in [0.2, 0.25) is 0 Å². The molecule has 1 fully saturated rings. The molecule has 0 radical (unpaired) electrons. The monoisotopic (exact) mass is 294 g/mol. The van der Waals surface area contributed by atoms with Crippen molar-refractivity contribution in [3.05, 3.63) is 11.5 Å². The van der Waals surface area contributed by atoms with Crippen LogP contribution < -0.4 is 0 Å². The fraction of sp³-hybridized carbons (Fsp3) is 0.733. The minimum absolute atomic E-state index is 0.463. The van der Waals surface area contributed by atoms with E-state index in [1.165, 1.54) is 6.42 Å². The summed E-state index contributed by atoms with van der Waals surface area (Å²) in [5.74, 6) is 2.18. The Balaban J connectivity index is 2.05. The van der Waals surface area contributed by atoms with Crippen LogP contribution in [0, 0.1) is 11.3 Å². The van der Waals surface area contributed by atoms with Gasteiger partial charge in [0.2, 0.25) is 0 Å². The van der Waals surface area contributed by atoms with Gasteiger partial charge in [-0.3, -0.25) is 4.68 Å². The summed E-state index contributed by atoms with van der Waals surface area (Å²) >= 11 is 6.10. The Kier molecular flexibility index (Phi) is 3.32. The number of rotatable bonds is 5. The third kappa shape index (κ3) is 2.14. The van der Waals surface area contributed by atoms with Gasteiger partial charge in [-0.25, -0.2) is 4.98 Å². The standard InChI is InChI=1S/C15H23ClN4/c1-5-6-11-13-14(19(4)18-11)20(12(8-16)17-13)9-10-7-15(10,2)3/h10H,5-9H2,1-4H3. The van der Waals surface area contributed by atoms with Crippen LogP contribution in [0.5, 0.6) is 0 Å². The largest absolute Gasteiger partial charge is 0.312 e. The molecule has 2 aromatic heterocycles. The molecule has 5 heteroatoms. The molecule has 4 nitrogen and oxygen atoms in total. The molecular weight excluding hydrogens is 272 g/mol. The van der Waals surface area contributed by atoms with E-state index in [0.717, 1.165) is 48.0 Å². The van der Waals surface area contributed by atoms with E-state index in [1.807, 2.05) is 11.7 Å². The van der Waals surface area contributed by atoms with Crippen LogP contribution in [0.25, 0.3) is 11.2 Å². The molecule has 0 spiro atoms. The van der Waals surface area contributed by atoms with Gasteiger partial charge in [-0.15, -0.1) is 11.6 Å². The Bertz CT molecular complexity index is 638. The third-order valence-electron chi connectivity index (χ3n) is 4.60. The van der Waals surface area contributed by atoms with E-state index in [0.29, 0.717) is 11.3 Å². The Labute approximate surface area is 125 Å². The number of imidazole rings is 1. The first kappa shape index (κ1) is 13.9. The second-order valence-electron chi connectivity index (χ2n) is 6.65. The molecule has 0 amide bonds. The quantitative estimate of drug-likeness (QED) is 0.791. The van der Waals surface area contributed by atoms with Crippen molar-refractivity contribution in [2.45, 2.75) is 52.5 Å². The lowest BCUT2D eigenvalue weighted by molar-refractivity contribution is 0.493. The molecule has 110 valence electrons. The maximum Gasteiger partial charge on any atom is 0.158 e. The summed E-state index contributed by atoms with van der Waals surface area (Å²) in [6, 6.07) is 0. The van der Waals surface area contributed by atoms with Gasteiger partial charge in [0.1, 0.15) is 11.3 Å². The predicted octanol–water partition coefficient (Wildman–Crippen LogP) is 3.51. The molecule has 2 aromatic rings. The average Bonchev–Trinajstić information content (AvgIpc) is 2.72. The van der Waals surface area contributed by atoms with E-state index < -0.39 is 0 Å². The summed E-state index contributed by atoms with van der Waals surface area (Å²) in [6.07, 6.45) is 3.35. The van der Waals surface area contributed by atoms with Crippen LogP contribution in [-0.4, -0.2) is 19.3 Å². The Morgan fingerprint density at radius 1 is 1.40 bits per heavy atom. The minimum atomic E-state index is 0.463. The second kappa shape index (κ2) is 4.76. The van der Waals surface area contributed by atoms with Crippen LogP contribution in [0.3, 0.4) is 0 Å². The maximum absolute atomic E-state index is 6.10. The first-order valence-electron chi connectivity index (χ1n) is 7.45. The van der Waals surface area contributed by atoms with Gasteiger partial charge in [0.25, 0.3) is 0 Å². The molecule has 2 heterocycles. The van der Waals surface area contributed by atoms with E-state index in [4.69, 9.17) is 16.6 Å². The third-order valence-corrected chi connectivity index (χ3v) is 4.84. The molecule has 1 unspecified atom stereocenters. The van der Waals surface area contributed by atoms with Gasteiger partial charge in [-0.05, 0) is 24.2 Å². The number of hydrogen-bond acceptors (Lipinski definition) is 2. The molecule has 20 heavy (non-hydrogen) atoms. The minimum Gasteiger partial charge on any atom is -0.312 e. The van der Waals surface area contributed by atoms with E-state index in [1.54, 1.807) is 0 Å². The number of hydrogen-bond donors (Lipinski definition) is 0. The molecule has 1 atom stereocenters. The van der Waals surface area contributed by atoms with Gasteiger partial charge in [0.05, 0.1) is 11.6 Å². The Morgan fingerprint density at radius 3 is 2.65 bits per heavy atom. The summed E-state index contributed by atoms with van der Waals surface area (Å²) in [6.45, 7) is 7.85. The van der Waals surface area contributed by atoms with Crippen molar-refractivity contribution in [1.82, 2.24) is 19.3 Å². The zero-order valence-electron chi connectivity index (χ0n) is 12.8. The van der Waals surface area contributed by atoms with Crippen LogP contribution in [0.1, 0.15) is 45.1 Å². The maximum atomic E-state index is 6.10. The highest BCUT2D eigenvalue weighted by molar-refractivity contribution is 6.16. The van der Waals surface area contributed by atoms with E-state index >= 15 is 0 Å². The molecule has 0 N–H and O–H groups in total. The first-order chi connectivity index (χ1) is 9.47. The summed E-state index contributed by atoms with van der Waals surface area (Å²) in [7, 11) is 2.01. The van der Waals surface area contributed by atoms with Crippen LogP contribution in [-0.2, 0) is 25.9 Å². The van der Waals surface area contributed by atoms with Gasteiger partial charge in [-0.1, -0.05) is 27.2 Å². The number of aryl methyl sites for hydroxylation is 2. The van der Waals surface area contributed by atoms with E-state index in [2.05, 4.69) is 30.4 Å². The van der Waals surface area contributed by atoms with Crippen molar-refractivity contribution in [1.29, 1.82) is 0 Å². The molecule has 1 aliphatic carbocycles. The highest BCUT2D eigenvalue weighted by atomic mass is 35.5. The lowest BCUT2D eigenvalue weighted by Crippen LogP contribution is -2.10. The van der Waals surface area contributed by atoms with Crippen molar-refractivity contribution < 1.29 is 0 Å². The second-order valence-corrected chi connectivity index (χ2v) is 6.92. The summed E-state index contributed by atoms with van der Waals surface area (Å²) in [5, 5.41) is 4.63. The molecule has 0 bridgehead atoms. The fourth-order valence-electron chi connectivity index (χ4n) is 3.09. The number of fused-ring (bicyclic) bond motifs is 1. The predicted molar refractivity (Wildman–Crippen MR) is 81.9 cm³/mol. The summed E-state index contributed by atoms with van der Waals surface area (Å²) < 4.78 is 4.26. The molecular formula is C15H23ClN4. The lowest BCUT2D eigenvalue weighted by Gasteiger charge is -2.09. The normalized spacial score (nSPS) is 20.8. The highest BCUT2D eigenvalue weighted by Crippen LogP contribution is 2.52. The van der Waals surface area contributed by atoms with Crippen molar-refractivity contribution in [3.63, 3.8) is 0 Å². The number of nitrogens with zero attached hydrogens (tertiary/aromatic N) is 4. The number of halogens is 1. The molecule has 0 aliphatic heterocycles. The van der Waals surface area contributed by atoms with Crippen molar-refractivity contribution >= 4 is 22.8 Å². The molecule has 3 rings (SSSR count). The SMILES string of the molecule is CCCc1nn(C)c2c1nc(CCl)n2CC1CC1(C)C. The number of aromatic nitrogens is 4. The molecule has 0 saturated heterocycles. The average molecular weight is 295 g/mol. The highest BCUT2D eigenvalue weighted by Gasteiger charge is 2.46. The molecule has 1 aliphatic rings. The first-order valence-corrected chi connectivity index (χ1v) is 7.98. The van der Waals surface area contributed by atoms with Gasteiger partial charge in [-0.2, -0.15) is 5.10 Å². The number of alkyl halides is 1. The zero-order valence-corrected chi connectivity index (χ0v) is 13.5. The Morgan fingerprint density at radius 2 is 2.10 bits per heavy atom. The lowest BCUT2D eigenvalue weighted by atomic mass is 10.1. The van der Waals surface area contributed by atoms with Crippen molar-refractivity contribution in [3.8, 4) is 0 Å². The van der Waals surface area contributed by atoms with E-state index in [-0.39, 0.29) is 0 Å². The van der Waals surface area contributed by atoms with Crippen LogP contribution in [0.4, 0.5) is 0 Å². The topological polar surface area (TPSA) is 35.6 Å². The molecule has 1 saturated carbocycles. The van der Waals surface area contributed by atoms with Gasteiger partial charge >= 0.3 is 0 Å². The Hall–Kier alpha value is -1.03. The van der Waals surface area contributed by atoms with Gasteiger partial charge < -0.3 is 4.57 Å². The van der Waals surface area contributed by atoms with E-state index in [9.17, 15) is 0 Å². The van der Waals surface area contributed by atoms with Crippen molar-refractivity contribution in [2.75, 3.05) is 0 Å². The summed E-state index contributed by atoms with van der Waals surface area (Å²) in [5.41, 5.74) is 3.74.